The minimum Gasteiger partial charge on any atom is -0.506 e. The van der Waals surface area contributed by atoms with Crippen molar-refractivity contribution in [3.63, 3.8) is 0 Å². The molecule has 1 heterocycles. The van der Waals surface area contributed by atoms with Crippen LogP contribution in [0.1, 0.15) is 22.8 Å². The maximum atomic E-state index is 11.7. The number of aromatic nitrogens is 1. The summed E-state index contributed by atoms with van der Waals surface area (Å²) in [6.07, 6.45) is 1.08. The molecule has 0 saturated carbocycles. The molecule has 0 aliphatic carbocycles. The van der Waals surface area contributed by atoms with Gasteiger partial charge in [-0.25, -0.2) is 9.78 Å². The number of carbonyl (C=O) groups excluding carboxylic acids is 1. The Hall–Kier alpha value is -2.70. The first-order valence-electron chi connectivity index (χ1n) is 5.89. The van der Waals surface area contributed by atoms with Crippen molar-refractivity contribution < 1.29 is 19.6 Å². The summed E-state index contributed by atoms with van der Waals surface area (Å²) in [5.74, 6) is -1.08. The Morgan fingerprint density at radius 2 is 2.20 bits per heavy atom. The number of esters is 1. The van der Waals surface area contributed by atoms with E-state index in [4.69, 9.17) is 4.74 Å². The number of aryl methyl sites for hydroxylation is 1. The van der Waals surface area contributed by atoms with Crippen molar-refractivity contribution in [3.8, 4) is 5.75 Å². The third-order valence-electron chi connectivity index (χ3n) is 2.76. The molecule has 0 amide bonds. The molecule has 0 aliphatic heterocycles. The quantitative estimate of drug-likeness (QED) is 0.524. The summed E-state index contributed by atoms with van der Waals surface area (Å²) in [6.45, 7) is 3.45. The molecule has 7 heteroatoms. The number of aromatic hydroxyl groups is 1. The van der Waals surface area contributed by atoms with Crippen LogP contribution >= 0.6 is 0 Å². The Morgan fingerprint density at radius 3 is 2.80 bits per heavy atom. The molecular formula is C13H12N2O5. The first-order chi connectivity index (χ1) is 9.45. The molecule has 0 radical (unpaired) electrons. The van der Waals surface area contributed by atoms with E-state index in [-0.39, 0.29) is 34.5 Å². The number of nitro groups is 1. The molecule has 0 bridgehead atoms. The average molecular weight is 276 g/mol. The summed E-state index contributed by atoms with van der Waals surface area (Å²) in [5.41, 5.74) is 0.290. The van der Waals surface area contributed by atoms with E-state index >= 15 is 0 Å². The van der Waals surface area contributed by atoms with Gasteiger partial charge in [-0.2, -0.15) is 0 Å². The number of hydrogen-bond acceptors (Lipinski definition) is 6. The van der Waals surface area contributed by atoms with Crippen LogP contribution in [0.25, 0.3) is 10.9 Å². The van der Waals surface area contributed by atoms with E-state index in [9.17, 15) is 20.0 Å². The van der Waals surface area contributed by atoms with Gasteiger partial charge in [-0.05, 0) is 25.5 Å². The molecule has 0 spiro atoms. The lowest BCUT2D eigenvalue weighted by molar-refractivity contribution is -0.383. The van der Waals surface area contributed by atoms with Crippen molar-refractivity contribution in [3.05, 3.63) is 39.6 Å². The van der Waals surface area contributed by atoms with Gasteiger partial charge >= 0.3 is 5.97 Å². The van der Waals surface area contributed by atoms with Gasteiger partial charge in [-0.3, -0.25) is 10.1 Å². The zero-order valence-electron chi connectivity index (χ0n) is 10.9. The van der Waals surface area contributed by atoms with Gasteiger partial charge in [0.1, 0.15) is 11.3 Å². The monoisotopic (exact) mass is 276 g/mol. The van der Waals surface area contributed by atoms with Crippen LogP contribution < -0.4 is 0 Å². The van der Waals surface area contributed by atoms with E-state index in [2.05, 4.69) is 4.98 Å². The molecule has 0 aliphatic rings. The van der Waals surface area contributed by atoms with Crippen LogP contribution in [-0.2, 0) is 4.74 Å². The molecule has 7 nitrogen and oxygen atoms in total. The van der Waals surface area contributed by atoms with Crippen LogP contribution in [0.4, 0.5) is 5.69 Å². The van der Waals surface area contributed by atoms with E-state index in [1.54, 1.807) is 13.8 Å². The van der Waals surface area contributed by atoms with Crippen LogP contribution in [0.5, 0.6) is 5.75 Å². The third-order valence-corrected chi connectivity index (χ3v) is 2.76. The number of pyridine rings is 1. The topological polar surface area (TPSA) is 103 Å². The molecule has 0 fully saturated rings. The molecule has 20 heavy (non-hydrogen) atoms. The molecule has 0 atom stereocenters. The number of ether oxygens (including phenoxy) is 1. The van der Waals surface area contributed by atoms with Crippen molar-refractivity contribution in [1.29, 1.82) is 0 Å². The predicted molar refractivity (Wildman–Crippen MR) is 70.8 cm³/mol. The minimum atomic E-state index is -0.719. The highest BCUT2D eigenvalue weighted by molar-refractivity contribution is 6.01. The number of nitrogens with zero attached hydrogens (tertiary/aromatic N) is 2. The standard InChI is InChI=1S/C13H12N2O5/c1-3-20-13(17)9-6-14-11-8(12(9)16)4-7(2)5-10(11)15(18)19/h4-6H,3H2,1-2H3,(H,14,16). The van der Waals surface area contributed by atoms with Gasteiger partial charge in [0.2, 0.25) is 0 Å². The first-order valence-corrected chi connectivity index (χ1v) is 5.89. The Labute approximate surface area is 114 Å². The van der Waals surface area contributed by atoms with Crippen molar-refractivity contribution in [2.75, 3.05) is 6.61 Å². The number of hydrogen-bond donors (Lipinski definition) is 1. The van der Waals surface area contributed by atoms with Crippen molar-refractivity contribution in [1.82, 2.24) is 4.98 Å². The van der Waals surface area contributed by atoms with Gasteiger partial charge in [0.25, 0.3) is 5.69 Å². The molecule has 0 saturated heterocycles. The first kappa shape index (κ1) is 13.7. The summed E-state index contributed by atoms with van der Waals surface area (Å²) in [6, 6.07) is 2.90. The molecule has 1 N–H and O–H groups in total. The van der Waals surface area contributed by atoms with Crippen LogP contribution in [0, 0.1) is 17.0 Å². The summed E-state index contributed by atoms with van der Waals surface area (Å²) < 4.78 is 4.79. The Morgan fingerprint density at radius 1 is 1.50 bits per heavy atom. The highest BCUT2D eigenvalue weighted by atomic mass is 16.6. The number of fused-ring (bicyclic) bond motifs is 1. The lowest BCUT2D eigenvalue weighted by Crippen LogP contribution is -2.06. The van der Waals surface area contributed by atoms with Gasteiger partial charge in [0.05, 0.1) is 16.9 Å². The lowest BCUT2D eigenvalue weighted by Gasteiger charge is -2.07. The van der Waals surface area contributed by atoms with Crippen LogP contribution in [0.3, 0.4) is 0 Å². The highest BCUT2D eigenvalue weighted by Crippen LogP contribution is 2.33. The number of non-ortho nitro benzene ring substituents is 1. The second kappa shape index (κ2) is 5.12. The average Bonchev–Trinajstić information content (AvgIpc) is 2.39. The van der Waals surface area contributed by atoms with Crippen molar-refractivity contribution in [2.24, 2.45) is 0 Å². The Kier molecular flexibility index (Phi) is 3.51. The summed E-state index contributed by atoms with van der Waals surface area (Å²) in [4.78, 5) is 26.0. The van der Waals surface area contributed by atoms with Crippen LogP contribution in [0.15, 0.2) is 18.3 Å². The summed E-state index contributed by atoms with van der Waals surface area (Å²) >= 11 is 0. The fourth-order valence-corrected chi connectivity index (χ4v) is 1.91. The second-order valence-electron chi connectivity index (χ2n) is 4.18. The highest BCUT2D eigenvalue weighted by Gasteiger charge is 2.21. The largest absolute Gasteiger partial charge is 0.506 e. The molecule has 2 aromatic rings. The third kappa shape index (κ3) is 2.25. The fraction of sp³-hybridized carbons (Fsp3) is 0.231. The number of benzene rings is 1. The summed E-state index contributed by atoms with van der Waals surface area (Å²) in [5, 5.41) is 21.3. The molecular weight excluding hydrogens is 264 g/mol. The zero-order chi connectivity index (χ0) is 14.9. The van der Waals surface area contributed by atoms with E-state index in [1.807, 2.05) is 0 Å². The van der Waals surface area contributed by atoms with Gasteiger partial charge in [0.15, 0.2) is 5.52 Å². The molecule has 2 rings (SSSR count). The van der Waals surface area contributed by atoms with Gasteiger partial charge in [-0.15, -0.1) is 0 Å². The van der Waals surface area contributed by atoms with E-state index in [1.165, 1.54) is 12.1 Å². The van der Waals surface area contributed by atoms with E-state index < -0.39 is 10.9 Å². The SMILES string of the molecule is CCOC(=O)c1cnc2c([N+](=O)[O-])cc(C)cc2c1O. The molecule has 0 unspecified atom stereocenters. The van der Waals surface area contributed by atoms with E-state index in [0.29, 0.717) is 5.56 Å². The Bertz CT molecular complexity index is 711. The molecule has 1 aromatic carbocycles. The van der Waals surface area contributed by atoms with Crippen molar-refractivity contribution in [2.45, 2.75) is 13.8 Å². The van der Waals surface area contributed by atoms with Gasteiger partial charge in [0, 0.05) is 12.3 Å². The van der Waals surface area contributed by atoms with Gasteiger partial charge < -0.3 is 9.84 Å². The fourth-order valence-electron chi connectivity index (χ4n) is 1.91. The van der Waals surface area contributed by atoms with E-state index in [0.717, 1.165) is 6.20 Å². The zero-order valence-corrected chi connectivity index (χ0v) is 10.9. The van der Waals surface area contributed by atoms with Crippen LogP contribution in [-0.4, -0.2) is 27.6 Å². The Balaban J connectivity index is 2.73. The molecule has 104 valence electrons. The number of nitro benzene ring substituents is 1. The number of rotatable bonds is 3. The van der Waals surface area contributed by atoms with Crippen LogP contribution in [0.2, 0.25) is 0 Å². The minimum absolute atomic E-state index is 0.0335. The maximum absolute atomic E-state index is 11.7. The second-order valence-corrected chi connectivity index (χ2v) is 4.18. The molecule has 1 aromatic heterocycles. The lowest BCUT2D eigenvalue weighted by atomic mass is 10.1. The summed E-state index contributed by atoms with van der Waals surface area (Å²) in [7, 11) is 0. The van der Waals surface area contributed by atoms with Gasteiger partial charge in [-0.1, -0.05) is 0 Å². The number of carbonyl (C=O) groups is 1. The predicted octanol–water partition coefficient (Wildman–Crippen LogP) is 2.33. The maximum Gasteiger partial charge on any atom is 0.343 e. The normalized spacial score (nSPS) is 10.5. The smallest absolute Gasteiger partial charge is 0.343 e. The van der Waals surface area contributed by atoms with Crippen molar-refractivity contribution >= 4 is 22.6 Å².